The molecule has 0 bridgehead atoms. The Morgan fingerprint density at radius 3 is 2.31 bits per heavy atom. The molecule has 3 heterocycles. The smallest absolute Gasteiger partial charge is 0.228 e. The van der Waals surface area contributed by atoms with Crippen molar-refractivity contribution in [2.45, 2.75) is 25.9 Å². The monoisotopic (exact) mass is 350 g/mol. The summed E-state index contributed by atoms with van der Waals surface area (Å²) in [4.78, 5) is 16.9. The van der Waals surface area contributed by atoms with Crippen molar-refractivity contribution in [3.05, 3.63) is 78.1 Å². The Labute approximate surface area is 152 Å². The van der Waals surface area contributed by atoms with Crippen molar-refractivity contribution < 1.29 is 13.6 Å². The molecule has 0 aliphatic carbocycles. The van der Waals surface area contributed by atoms with Crippen LogP contribution in [0.1, 0.15) is 23.5 Å². The van der Waals surface area contributed by atoms with Crippen LogP contribution in [0.3, 0.4) is 0 Å². The van der Waals surface area contributed by atoms with Gasteiger partial charge in [-0.3, -0.25) is 9.69 Å². The number of fused-ring (bicyclic) bond motifs is 1. The number of rotatable bonds is 7. The van der Waals surface area contributed by atoms with Gasteiger partial charge in [-0.1, -0.05) is 18.2 Å². The number of carbonyl (C=O) groups is 1. The molecule has 3 aromatic rings. The zero-order chi connectivity index (χ0) is 17.8. The van der Waals surface area contributed by atoms with Crippen molar-refractivity contribution in [1.82, 2.24) is 4.90 Å². The topological polar surface area (TPSA) is 49.8 Å². The van der Waals surface area contributed by atoms with Crippen LogP contribution in [-0.4, -0.2) is 23.9 Å². The molecule has 5 heteroatoms. The van der Waals surface area contributed by atoms with Gasteiger partial charge in [-0.2, -0.15) is 0 Å². The lowest BCUT2D eigenvalue weighted by molar-refractivity contribution is -0.118. The van der Waals surface area contributed by atoms with Crippen LogP contribution >= 0.6 is 0 Å². The van der Waals surface area contributed by atoms with Crippen molar-refractivity contribution in [3.63, 3.8) is 0 Å². The number of nitrogens with zero attached hydrogens (tertiary/aromatic N) is 2. The number of furan rings is 2. The molecule has 26 heavy (non-hydrogen) atoms. The molecule has 0 radical (unpaired) electrons. The molecule has 2 aromatic heterocycles. The van der Waals surface area contributed by atoms with Gasteiger partial charge in [0.2, 0.25) is 5.91 Å². The summed E-state index contributed by atoms with van der Waals surface area (Å²) < 4.78 is 10.9. The van der Waals surface area contributed by atoms with E-state index in [9.17, 15) is 4.79 Å². The van der Waals surface area contributed by atoms with E-state index in [2.05, 4.69) is 11.0 Å². The van der Waals surface area contributed by atoms with Gasteiger partial charge in [0.1, 0.15) is 11.5 Å². The average molecular weight is 350 g/mol. The first-order valence-corrected chi connectivity index (χ1v) is 8.95. The first-order valence-electron chi connectivity index (χ1n) is 8.95. The Morgan fingerprint density at radius 2 is 1.65 bits per heavy atom. The van der Waals surface area contributed by atoms with Crippen LogP contribution < -0.4 is 4.90 Å². The Bertz CT molecular complexity index is 804. The van der Waals surface area contributed by atoms with Gasteiger partial charge in [0, 0.05) is 25.2 Å². The number of hydrogen-bond donors (Lipinski definition) is 0. The second-order valence-corrected chi connectivity index (χ2v) is 6.54. The molecule has 0 unspecified atom stereocenters. The highest BCUT2D eigenvalue weighted by molar-refractivity contribution is 5.95. The number of hydrogen-bond acceptors (Lipinski definition) is 4. The van der Waals surface area contributed by atoms with E-state index in [1.165, 1.54) is 5.56 Å². The van der Waals surface area contributed by atoms with Gasteiger partial charge in [0.15, 0.2) is 0 Å². The lowest BCUT2D eigenvalue weighted by atomic mass is 10.2. The molecule has 0 N–H and O–H groups in total. The molecular weight excluding hydrogens is 328 g/mol. The second kappa shape index (κ2) is 7.62. The zero-order valence-electron chi connectivity index (χ0n) is 14.6. The first kappa shape index (κ1) is 16.7. The van der Waals surface area contributed by atoms with Gasteiger partial charge in [-0.05, 0) is 42.3 Å². The minimum absolute atomic E-state index is 0.166. The van der Waals surface area contributed by atoms with Gasteiger partial charge in [-0.15, -0.1) is 0 Å². The van der Waals surface area contributed by atoms with E-state index in [1.54, 1.807) is 12.5 Å². The fourth-order valence-electron chi connectivity index (χ4n) is 3.45. The van der Waals surface area contributed by atoms with Crippen molar-refractivity contribution in [3.8, 4) is 0 Å². The molecule has 1 aliphatic heterocycles. The van der Waals surface area contributed by atoms with E-state index in [1.807, 2.05) is 47.4 Å². The van der Waals surface area contributed by atoms with E-state index in [0.717, 1.165) is 30.2 Å². The van der Waals surface area contributed by atoms with Gasteiger partial charge in [0.25, 0.3) is 0 Å². The van der Waals surface area contributed by atoms with Crippen molar-refractivity contribution in [2.24, 2.45) is 0 Å². The third-order valence-electron chi connectivity index (χ3n) is 4.75. The number of amides is 1. The minimum atomic E-state index is 0.166. The van der Waals surface area contributed by atoms with E-state index in [4.69, 9.17) is 8.83 Å². The summed E-state index contributed by atoms with van der Waals surface area (Å²) in [6, 6.07) is 15.8. The van der Waals surface area contributed by atoms with E-state index in [0.29, 0.717) is 26.1 Å². The summed E-state index contributed by atoms with van der Waals surface area (Å²) in [5.74, 6) is 1.94. The highest BCUT2D eigenvalue weighted by atomic mass is 16.3. The summed E-state index contributed by atoms with van der Waals surface area (Å²) in [5.41, 5.74) is 2.31. The highest BCUT2D eigenvalue weighted by Crippen LogP contribution is 2.28. The van der Waals surface area contributed by atoms with Crippen LogP contribution in [0.4, 0.5) is 5.69 Å². The maximum Gasteiger partial charge on any atom is 0.228 e. The van der Waals surface area contributed by atoms with Gasteiger partial charge in [-0.25, -0.2) is 0 Å². The molecule has 1 aromatic carbocycles. The van der Waals surface area contributed by atoms with Crippen LogP contribution in [-0.2, 0) is 24.3 Å². The lowest BCUT2D eigenvalue weighted by Crippen LogP contribution is -2.33. The molecule has 0 spiro atoms. The molecule has 0 atom stereocenters. The van der Waals surface area contributed by atoms with E-state index >= 15 is 0 Å². The SMILES string of the molecule is O=C(CCN(Cc1ccco1)Cc1ccco1)N1CCc2ccccc21. The first-order chi connectivity index (χ1) is 12.8. The number of carbonyl (C=O) groups excluding carboxylic acids is 1. The zero-order valence-corrected chi connectivity index (χ0v) is 14.6. The van der Waals surface area contributed by atoms with Crippen molar-refractivity contribution in [2.75, 3.05) is 18.0 Å². The normalized spacial score (nSPS) is 13.3. The largest absolute Gasteiger partial charge is 0.468 e. The Kier molecular flexibility index (Phi) is 4.88. The molecule has 1 aliphatic rings. The lowest BCUT2D eigenvalue weighted by Gasteiger charge is -2.22. The third kappa shape index (κ3) is 3.73. The van der Waals surface area contributed by atoms with Gasteiger partial charge >= 0.3 is 0 Å². The summed E-state index contributed by atoms with van der Waals surface area (Å²) in [6.45, 7) is 2.72. The van der Waals surface area contributed by atoms with Crippen LogP contribution in [0.25, 0.3) is 0 Å². The van der Waals surface area contributed by atoms with Crippen LogP contribution in [0, 0.1) is 0 Å². The van der Waals surface area contributed by atoms with Gasteiger partial charge in [0.05, 0.1) is 25.6 Å². The second-order valence-electron chi connectivity index (χ2n) is 6.54. The molecule has 134 valence electrons. The molecule has 0 fully saturated rings. The van der Waals surface area contributed by atoms with E-state index < -0.39 is 0 Å². The maximum absolute atomic E-state index is 12.8. The minimum Gasteiger partial charge on any atom is -0.468 e. The summed E-state index contributed by atoms with van der Waals surface area (Å²) in [6.07, 6.45) is 4.75. The number of benzene rings is 1. The molecule has 1 amide bonds. The molecular formula is C21H22N2O3. The van der Waals surface area contributed by atoms with Crippen molar-refractivity contribution in [1.29, 1.82) is 0 Å². The van der Waals surface area contributed by atoms with Crippen molar-refractivity contribution >= 4 is 11.6 Å². The fourth-order valence-corrected chi connectivity index (χ4v) is 3.45. The summed E-state index contributed by atoms with van der Waals surface area (Å²) >= 11 is 0. The fraction of sp³-hybridized carbons (Fsp3) is 0.286. The predicted molar refractivity (Wildman–Crippen MR) is 98.6 cm³/mol. The summed E-state index contributed by atoms with van der Waals surface area (Å²) in [7, 11) is 0. The quantitative estimate of drug-likeness (QED) is 0.649. The van der Waals surface area contributed by atoms with Gasteiger partial charge < -0.3 is 13.7 Å². The molecule has 0 saturated heterocycles. The molecule has 4 rings (SSSR count). The van der Waals surface area contributed by atoms with Crippen LogP contribution in [0.15, 0.2) is 69.9 Å². The van der Waals surface area contributed by atoms with Crippen LogP contribution in [0.5, 0.6) is 0 Å². The highest BCUT2D eigenvalue weighted by Gasteiger charge is 2.24. The molecule has 5 nitrogen and oxygen atoms in total. The Hall–Kier alpha value is -2.79. The number of anilines is 1. The summed E-state index contributed by atoms with van der Waals surface area (Å²) in [5, 5.41) is 0. The standard InChI is InChI=1S/C21H22N2O3/c24-21(23-12-9-17-5-1-2-8-20(17)23)10-11-22(15-18-6-3-13-25-18)16-19-7-4-14-26-19/h1-8,13-14H,9-12,15-16H2. The maximum atomic E-state index is 12.8. The third-order valence-corrected chi connectivity index (χ3v) is 4.75. The average Bonchev–Trinajstić information content (AvgIpc) is 3.41. The predicted octanol–water partition coefficient (Wildman–Crippen LogP) is 3.85. The molecule has 0 saturated carbocycles. The van der Waals surface area contributed by atoms with E-state index in [-0.39, 0.29) is 5.91 Å². The Balaban J connectivity index is 1.40. The van der Waals surface area contributed by atoms with Crippen LogP contribution in [0.2, 0.25) is 0 Å². The Morgan fingerprint density at radius 1 is 0.962 bits per heavy atom. The number of para-hydroxylation sites is 1.